The van der Waals surface area contributed by atoms with Gasteiger partial charge < -0.3 is 10.2 Å². The fraction of sp³-hybridized carbons (Fsp3) is 0.588. The first-order valence-corrected chi connectivity index (χ1v) is 9.80. The molecule has 2 rings (SSSR count). The summed E-state index contributed by atoms with van der Waals surface area (Å²) in [5.41, 5.74) is 1.62. The smallest absolute Gasteiger partial charge is 0.245 e. The Kier molecular flexibility index (Phi) is 5.34. The lowest BCUT2D eigenvalue weighted by molar-refractivity contribution is -0.129. The third kappa shape index (κ3) is 4.25. The molecule has 0 spiro atoms. The Morgan fingerprint density at radius 1 is 1.17 bits per heavy atom. The van der Waals surface area contributed by atoms with Crippen molar-refractivity contribution in [3.05, 3.63) is 29.8 Å². The average Bonchev–Trinajstić information content (AvgIpc) is 2.82. The van der Waals surface area contributed by atoms with E-state index in [1.807, 2.05) is 43.0 Å². The zero-order valence-corrected chi connectivity index (χ0v) is 15.1. The number of hydrogen-bond acceptors (Lipinski definition) is 4. The van der Waals surface area contributed by atoms with Crippen LogP contribution in [0.15, 0.2) is 24.3 Å². The van der Waals surface area contributed by atoms with E-state index in [0.29, 0.717) is 0 Å². The summed E-state index contributed by atoms with van der Waals surface area (Å²) in [6.07, 6.45) is 0.792. The first-order chi connectivity index (χ1) is 10.7. The SMILES string of the molecule is CC(C)N1CCC(Nc2ccc(CS(=O)(=O)C(C)C)cc2)C1=O. The maximum atomic E-state index is 12.3. The van der Waals surface area contributed by atoms with Crippen molar-refractivity contribution in [1.29, 1.82) is 0 Å². The largest absolute Gasteiger partial charge is 0.374 e. The second-order valence-electron chi connectivity index (χ2n) is 6.66. The highest BCUT2D eigenvalue weighted by molar-refractivity contribution is 7.91. The van der Waals surface area contributed by atoms with Crippen molar-refractivity contribution in [2.24, 2.45) is 0 Å². The van der Waals surface area contributed by atoms with Gasteiger partial charge in [-0.25, -0.2) is 8.42 Å². The Morgan fingerprint density at radius 2 is 1.78 bits per heavy atom. The number of nitrogens with zero attached hydrogens (tertiary/aromatic N) is 1. The standard InChI is InChI=1S/C17H26N2O3S/c1-12(2)19-10-9-16(17(19)20)18-15-7-5-14(6-8-15)11-23(21,22)13(3)4/h5-8,12-13,16,18H,9-11H2,1-4H3. The third-order valence-corrected chi connectivity index (χ3v) is 6.42. The van der Waals surface area contributed by atoms with Gasteiger partial charge in [0.2, 0.25) is 5.91 Å². The van der Waals surface area contributed by atoms with Crippen LogP contribution in [-0.4, -0.2) is 43.1 Å². The molecule has 0 bridgehead atoms. The van der Waals surface area contributed by atoms with Crippen LogP contribution in [0.25, 0.3) is 0 Å². The van der Waals surface area contributed by atoms with E-state index in [-0.39, 0.29) is 29.0 Å². The number of likely N-dealkylation sites (tertiary alicyclic amines) is 1. The van der Waals surface area contributed by atoms with Crippen molar-refractivity contribution < 1.29 is 13.2 Å². The van der Waals surface area contributed by atoms with Gasteiger partial charge in [-0.1, -0.05) is 12.1 Å². The van der Waals surface area contributed by atoms with E-state index in [9.17, 15) is 13.2 Å². The summed E-state index contributed by atoms with van der Waals surface area (Å²) < 4.78 is 23.9. The van der Waals surface area contributed by atoms with Crippen LogP contribution in [0.4, 0.5) is 5.69 Å². The molecule has 1 aliphatic heterocycles. The summed E-state index contributed by atoms with van der Waals surface area (Å²) in [5, 5.41) is 2.87. The first-order valence-electron chi connectivity index (χ1n) is 8.08. The summed E-state index contributed by atoms with van der Waals surface area (Å²) in [4.78, 5) is 14.1. The van der Waals surface area contributed by atoms with Crippen LogP contribution in [0.5, 0.6) is 0 Å². The summed E-state index contributed by atoms with van der Waals surface area (Å²) in [7, 11) is -3.09. The van der Waals surface area contributed by atoms with Crippen molar-refractivity contribution in [3.8, 4) is 0 Å². The van der Waals surface area contributed by atoms with Gasteiger partial charge in [0, 0.05) is 18.3 Å². The number of anilines is 1. The van der Waals surface area contributed by atoms with E-state index < -0.39 is 9.84 Å². The van der Waals surface area contributed by atoms with E-state index in [2.05, 4.69) is 5.32 Å². The van der Waals surface area contributed by atoms with E-state index in [1.54, 1.807) is 13.8 Å². The topological polar surface area (TPSA) is 66.5 Å². The molecule has 23 heavy (non-hydrogen) atoms. The van der Waals surface area contributed by atoms with Gasteiger partial charge in [-0.15, -0.1) is 0 Å². The van der Waals surface area contributed by atoms with Crippen molar-refractivity contribution in [1.82, 2.24) is 4.90 Å². The van der Waals surface area contributed by atoms with Crippen LogP contribution >= 0.6 is 0 Å². The summed E-state index contributed by atoms with van der Waals surface area (Å²) in [5.74, 6) is 0.181. The van der Waals surface area contributed by atoms with Gasteiger partial charge >= 0.3 is 0 Å². The van der Waals surface area contributed by atoms with E-state index in [0.717, 1.165) is 24.2 Å². The number of benzene rings is 1. The highest BCUT2D eigenvalue weighted by atomic mass is 32.2. The molecular weight excluding hydrogens is 312 g/mol. The minimum Gasteiger partial charge on any atom is -0.374 e. The number of nitrogens with one attached hydrogen (secondary N) is 1. The Labute approximate surface area is 139 Å². The van der Waals surface area contributed by atoms with Gasteiger partial charge in [-0.2, -0.15) is 0 Å². The molecule has 128 valence electrons. The molecule has 1 aromatic carbocycles. The maximum Gasteiger partial charge on any atom is 0.245 e. The molecule has 0 aliphatic carbocycles. The van der Waals surface area contributed by atoms with Gasteiger partial charge in [0.1, 0.15) is 6.04 Å². The molecule has 1 unspecified atom stereocenters. The molecule has 1 aliphatic rings. The van der Waals surface area contributed by atoms with Crippen molar-refractivity contribution in [3.63, 3.8) is 0 Å². The molecule has 1 heterocycles. The van der Waals surface area contributed by atoms with Gasteiger partial charge in [0.25, 0.3) is 0 Å². The number of rotatable bonds is 6. The van der Waals surface area contributed by atoms with E-state index in [4.69, 9.17) is 0 Å². The molecule has 0 saturated carbocycles. The normalized spacial score (nSPS) is 19.0. The number of carbonyl (C=O) groups excluding carboxylic acids is 1. The minimum atomic E-state index is -3.09. The lowest BCUT2D eigenvalue weighted by atomic mass is 10.2. The lowest BCUT2D eigenvalue weighted by Gasteiger charge is -2.21. The fourth-order valence-corrected chi connectivity index (χ4v) is 3.64. The van der Waals surface area contributed by atoms with Crippen molar-refractivity contribution in [2.75, 3.05) is 11.9 Å². The van der Waals surface area contributed by atoms with Crippen LogP contribution < -0.4 is 5.32 Å². The molecule has 0 radical (unpaired) electrons. The molecule has 1 N–H and O–H groups in total. The molecule has 1 aromatic rings. The second kappa shape index (κ2) is 6.91. The van der Waals surface area contributed by atoms with Crippen molar-refractivity contribution >= 4 is 21.4 Å². The number of amides is 1. The van der Waals surface area contributed by atoms with Crippen LogP contribution in [0.2, 0.25) is 0 Å². The van der Waals surface area contributed by atoms with Gasteiger partial charge in [-0.05, 0) is 51.8 Å². The first kappa shape index (κ1) is 17.8. The quantitative estimate of drug-likeness (QED) is 0.865. The van der Waals surface area contributed by atoms with E-state index in [1.165, 1.54) is 0 Å². The molecule has 1 amide bonds. The zero-order valence-electron chi connectivity index (χ0n) is 14.2. The Morgan fingerprint density at radius 3 is 2.26 bits per heavy atom. The van der Waals surface area contributed by atoms with Crippen LogP contribution in [0, 0.1) is 0 Å². The Balaban J connectivity index is 2.00. The average molecular weight is 338 g/mol. The lowest BCUT2D eigenvalue weighted by Crippen LogP contribution is -2.37. The maximum absolute atomic E-state index is 12.3. The number of hydrogen-bond donors (Lipinski definition) is 1. The highest BCUT2D eigenvalue weighted by Gasteiger charge is 2.32. The Bertz CT molecular complexity index is 651. The third-order valence-electron chi connectivity index (χ3n) is 4.24. The second-order valence-corrected chi connectivity index (χ2v) is 9.22. The fourth-order valence-electron chi connectivity index (χ4n) is 2.65. The molecule has 1 atom stereocenters. The Hall–Kier alpha value is -1.56. The summed E-state index contributed by atoms with van der Waals surface area (Å²) in [6, 6.07) is 7.33. The molecular formula is C17H26N2O3S. The molecule has 6 heteroatoms. The highest BCUT2D eigenvalue weighted by Crippen LogP contribution is 2.20. The molecule has 5 nitrogen and oxygen atoms in total. The number of carbonyl (C=O) groups is 1. The predicted molar refractivity (Wildman–Crippen MR) is 93.1 cm³/mol. The zero-order chi connectivity index (χ0) is 17.2. The van der Waals surface area contributed by atoms with Crippen LogP contribution in [0.1, 0.15) is 39.7 Å². The monoisotopic (exact) mass is 338 g/mol. The van der Waals surface area contributed by atoms with Gasteiger partial charge in [0.05, 0.1) is 11.0 Å². The van der Waals surface area contributed by atoms with Gasteiger partial charge in [0.15, 0.2) is 9.84 Å². The number of sulfone groups is 1. The molecule has 1 saturated heterocycles. The van der Waals surface area contributed by atoms with Crippen LogP contribution in [-0.2, 0) is 20.4 Å². The van der Waals surface area contributed by atoms with E-state index >= 15 is 0 Å². The minimum absolute atomic E-state index is 0.0500. The summed E-state index contributed by atoms with van der Waals surface area (Å²) >= 11 is 0. The summed E-state index contributed by atoms with van der Waals surface area (Å²) in [6.45, 7) is 8.20. The van der Waals surface area contributed by atoms with Crippen LogP contribution in [0.3, 0.4) is 0 Å². The molecule has 0 aromatic heterocycles. The van der Waals surface area contributed by atoms with Crippen molar-refractivity contribution in [2.45, 2.75) is 57.2 Å². The van der Waals surface area contributed by atoms with Gasteiger partial charge in [-0.3, -0.25) is 4.79 Å². The predicted octanol–water partition coefficient (Wildman–Crippen LogP) is 2.43. The molecule has 1 fully saturated rings.